The third-order valence-electron chi connectivity index (χ3n) is 5.29. The number of aryl methyl sites for hydroxylation is 3. The van der Waals surface area contributed by atoms with Gasteiger partial charge in [0, 0.05) is 37.9 Å². The highest BCUT2D eigenvalue weighted by molar-refractivity contribution is 5.79. The first-order valence-electron chi connectivity index (χ1n) is 10.1. The van der Waals surface area contributed by atoms with Crippen LogP contribution in [0, 0.1) is 26.6 Å². The van der Waals surface area contributed by atoms with Gasteiger partial charge in [-0.3, -0.25) is 4.79 Å². The van der Waals surface area contributed by atoms with Gasteiger partial charge in [0.1, 0.15) is 17.5 Å². The zero-order valence-corrected chi connectivity index (χ0v) is 17.5. The van der Waals surface area contributed by atoms with Crippen molar-refractivity contribution >= 4 is 11.7 Å². The van der Waals surface area contributed by atoms with E-state index in [1.807, 2.05) is 37.6 Å². The van der Waals surface area contributed by atoms with Crippen LogP contribution in [0.5, 0.6) is 0 Å². The van der Waals surface area contributed by atoms with Gasteiger partial charge in [-0.15, -0.1) is 0 Å². The molecule has 1 saturated heterocycles. The number of halogens is 1. The highest BCUT2D eigenvalue weighted by Crippen LogP contribution is 2.19. The average molecular weight is 408 g/mol. The lowest BCUT2D eigenvalue weighted by atomic mass is 10.1. The molecule has 156 valence electrons. The summed E-state index contributed by atoms with van der Waals surface area (Å²) in [6, 6.07) is 10.4. The maximum absolute atomic E-state index is 13.8. The molecule has 1 aliphatic rings. The topological polar surface area (TPSA) is 67.2 Å². The van der Waals surface area contributed by atoms with Crippen LogP contribution in [0.3, 0.4) is 0 Å². The van der Waals surface area contributed by atoms with Crippen LogP contribution in [-0.2, 0) is 11.2 Å². The fourth-order valence-corrected chi connectivity index (χ4v) is 3.77. The number of piperazine rings is 1. The van der Waals surface area contributed by atoms with Crippen LogP contribution in [0.4, 0.5) is 10.2 Å². The number of aromatic nitrogens is 4. The van der Waals surface area contributed by atoms with Gasteiger partial charge in [-0.25, -0.2) is 19.0 Å². The Hall–Kier alpha value is -3.29. The molecule has 3 heterocycles. The molecule has 1 amide bonds. The fourth-order valence-electron chi connectivity index (χ4n) is 3.77. The number of carbonyl (C=O) groups is 1. The lowest BCUT2D eigenvalue weighted by Crippen LogP contribution is -2.49. The second-order valence-electron chi connectivity index (χ2n) is 7.61. The summed E-state index contributed by atoms with van der Waals surface area (Å²) in [6.45, 7) is 8.29. The van der Waals surface area contributed by atoms with Crippen LogP contribution in [0.2, 0.25) is 0 Å². The highest BCUT2D eigenvalue weighted by Gasteiger charge is 2.23. The molecule has 2 aromatic heterocycles. The zero-order valence-electron chi connectivity index (χ0n) is 17.5. The Kier molecular flexibility index (Phi) is 5.48. The van der Waals surface area contributed by atoms with Crippen LogP contribution in [0.25, 0.3) is 5.82 Å². The molecule has 1 aliphatic heterocycles. The molecule has 0 bridgehead atoms. The third-order valence-corrected chi connectivity index (χ3v) is 5.29. The normalized spacial score (nSPS) is 14.3. The van der Waals surface area contributed by atoms with Gasteiger partial charge in [0.25, 0.3) is 0 Å². The molecule has 0 spiro atoms. The largest absolute Gasteiger partial charge is 0.353 e. The Bertz CT molecular complexity index is 1070. The Morgan fingerprint density at radius 3 is 2.37 bits per heavy atom. The van der Waals surface area contributed by atoms with E-state index in [1.54, 1.807) is 23.1 Å². The van der Waals surface area contributed by atoms with Crippen LogP contribution >= 0.6 is 0 Å². The first-order chi connectivity index (χ1) is 14.4. The van der Waals surface area contributed by atoms with E-state index in [4.69, 9.17) is 0 Å². The smallest absolute Gasteiger partial charge is 0.227 e. The number of amides is 1. The van der Waals surface area contributed by atoms with Gasteiger partial charge in [0.15, 0.2) is 5.82 Å². The van der Waals surface area contributed by atoms with Gasteiger partial charge in [0.2, 0.25) is 5.91 Å². The van der Waals surface area contributed by atoms with E-state index < -0.39 is 0 Å². The van der Waals surface area contributed by atoms with Gasteiger partial charge in [-0.1, -0.05) is 18.2 Å². The molecule has 1 fully saturated rings. The van der Waals surface area contributed by atoms with Crippen LogP contribution < -0.4 is 4.90 Å². The summed E-state index contributed by atoms with van der Waals surface area (Å²) in [5, 5.41) is 4.51. The predicted octanol–water partition coefficient (Wildman–Crippen LogP) is 2.62. The molecule has 0 atom stereocenters. The zero-order chi connectivity index (χ0) is 21.3. The second-order valence-corrected chi connectivity index (χ2v) is 7.61. The van der Waals surface area contributed by atoms with Crippen LogP contribution in [0.1, 0.15) is 22.8 Å². The molecule has 7 nitrogen and oxygen atoms in total. The van der Waals surface area contributed by atoms with Crippen molar-refractivity contribution in [1.82, 2.24) is 24.6 Å². The summed E-state index contributed by atoms with van der Waals surface area (Å²) in [4.78, 5) is 25.7. The summed E-state index contributed by atoms with van der Waals surface area (Å²) in [5.41, 5.74) is 2.39. The lowest BCUT2D eigenvalue weighted by Gasteiger charge is -2.35. The van der Waals surface area contributed by atoms with Gasteiger partial charge in [-0.2, -0.15) is 5.10 Å². The summed E-state index contributed by atoms with van der Waals surface area (Å²) < 4.78 is 15.7. The predicted molar refractivity (Wildman–Crippen MR) is 112 cm³/mol. The van der Waals surface area contributed by atoms with Gasteiger partial charge in [-0.05, 0) is 38.5 Å². The Labute approximate surface area is 175 Å². The van der Waals surface area contributed by atoms with Crippen molar-refractivity contribution in [2.45, 2.75) is 27.2 Å². The Morgan fingerprint density at radius 1 is 1.00 bits per heavy atom. The number of nitrogens with zero attached hydrogens (tertiary/aromatic N) is 6. The molecule has 1 aromatic carbocycles. The molecule has 0 aliphatic carbocycles. The molecule has 8 heteroatoms. The van der Waals surface area contributed by atoms with E-state index >= 15 is 0 Å². The average Bonchev–Trinajstić information content (AvgIpc) is 3.07. The monoisotopic (exact) mass is 408 g/mol. The minimum atomic E-state index is -0.336. The molecule has 0 radical (unpaired) electrons. The number of hydrogen-bond donors (Lipinski definition) is 0. The third kappa shape index (κ3) is 4.17. The Morgan fingerprint density at radius 2 is 1.70 bits per heavy atom. The minimum absolute atomic E-state index is 0.0538. The number of benzene rings is 1. The molecule has 30 heavy (non-hydrogen) atoms. The van der Waals surface area contributed by atoms with Crippen molar-refractivity contribution in [3.05, 3.63) is 65.0 Å². The number of carbonyl (C=O) groups excluding carboxylic acids is 1. The highest BCUT2D eigenvalue weighted by atomic mass is 19.1. The molecule has 0 saturated carbocycles. The summed E-state index contributed by atoms with van der Waals surface area (Å²) in [7, 11) is 0. The van der Waals surface area contributed by atoms with E-state index in [0.717, 1.165) is 23.0 Å². The van der Waals surface area contributed by atoms with E-state index in [0.29, 0.717) is 37.6 Å². The van der Waals surface area contributed by atoms with Crippen molar-refractivity contribution in [1.29, 1.82) is 0 Å². The summed E-state index contributed by atoms with van der Waals surface area (Å²) >= 11 is 0. The van der Waals surface area contributed by atoms with Crippen molar-refractivity contribution in [3.8, 4) is 5.82 Å². The van der Waals surface area contributed by atoms with E-state index in [-0.39, 0.29) is 18.1 Å². The maximum Gasteiger partial charge on any atom is 0.227 e. The molecule has 4 rings (SSSR count). The Balaban J connectivity index is 1.45. The van der Waals surface area contributed by atoms with Crippen LogP contribution in [0.15, 0.2) is 36.4 Å². The van der Waals surface area contributed by atoms with E-state index in [1.165, 1.54) is 6.07 Å². The van der Waals surface area contributed by atoms with Gasteiger partial charge in [0.05, 0.1) is 12.1 Å². The van der Waals surface area contributed by atoms with Crippen molar-refractivity contribution < 1.29 is 9.18 Å². The molecule has 0 N–H and O–H groups in total. The lowest BCUT2D eigenvalue weighted by molar-refractivity contribution is -0.130. The van der Waals surface area contributed by atoms with E-state index in [9.17, 15) is 9.18 Å². The maximum atomic E-state index is 13.8. The van der Waals surface area contributed by atoms with E-state index in [2.05, 4.69) is 20.0 Å². The van der Waals surface area contributed by atoms with Crippen molar-refractivity contribution in [3.63, 3.8) is 0 Å². The SMILES string of the molecule is Cc1cc(C)n(-c2cc(N3CCN(C(=O)Cc4ccccc4F)CC3)nc(C)n2)n1. The van der Waals surface area contributed by atoms with Crippen LogP contribution in [-0.4, -0.2) is 56.7 Å². The standard InChI is InChI=1S/C22H25FN6O/c1-15-12-16(2)29(26-15)21-14-20(24-17(3)25-21)27-8-10-28(11-9-27)22(30)13-18-6-4-5-7-19(18)23/h4-7,12,14H,8-11,13H2,1-3H3. The van der Waals surface area contributed by atoms with Crippen molar-refractivity contribution in [2.75, 3.05) is 31.1 Å². The summed E-state index contributed by atoms with van der Waals surface area (Å²) in [5.74, 6) is 1.85. The number of rotatable bonds is 4. The van der Waals surface area contributed by atoms with Crippen molar-refractivity contribution in [2.24, 2.45) is 0 Å². The molecular weight excluding hydrogens is 383 g/mol. The van der Waals surface area contributed by atoms with Gasteiger partial charge < -0.3 is 9.80 Å². The number of anilines is 1. The number of hydrogen-bond acceptors (Lipinski definition) is 5. The molecular formula is C22H25FN6O. The molecule has 0 unspecified atom stereocenters. The quantitative estimate of drug-likeness (QED) is 0.664. The second kappa shape index (κ2) is 8.22. The van der Waals surface area contributed by atoms with Gasteiger partial charge >= 0.3 is 0 Å². The first kappa shape index (κ1) is 20.0. The molecule has 3 aromatic rings. The fraction of sp³-hybridized carbons (Fsp3) is 0.364. The first-order valence-corrected chi connectivity index (χ1v) is 10.1. The summed E-state index contributed by atoms with van der Waals surface area (Å²) in [6.07, 6.45) is 0.0847. The minimum Gasteiger partial charge on any atom is -0.353 e.